The number of nitro benzene ring substituents is 1. The van der Waals surface area contributed by atoms with Crippen molar-refractivity contribution in [3.8, 4) is 21.8 Å². The van der Waals surface area contributed by atoms with Crippen LogP contribution in [0.15, 0.2) is 53.9 Å². The minimum atomic E-state index is -0.614. The van der Waals surface area contributed by atoms with Crippen LogP contribution in [0.1, 0.15) is 0 Å². The van der Waals surface area contributed by atoms with E-state index in [1.165, 1.54) is 23.5 Å². The standard InChI is InChI=1S/C16H12N4O3S/c17-16(21)18-12-5-1-10(2-6-12)14-9-24-15(19-14)11-3-7-13(8-4-11)20(22)23/h1-9H,(H3,17,18,21). The number of anilines is 1. The molecule has 0 aliphatic rings. The third kappa shape index (κ3) is 3.39. The Kier molecular flexibility index (Phi) is 4.21. The second-order valence-electron chi connectivity index (χ2n) is 4.91. The fourth-order valence-electron chi connectivity index (χ4n) is 2.13. The summed E-state index contributed by atoms with van der Waals surface area (Å²) in [6.07, 6.45) is 0. The van der Waals surface area contributed by atoms with Crippen LogP contribution in [0.3, 0.4) is 0 Å². The smallest absolute Gasteiger partial charge is 0.316 e. The highest BCUT2D eigenvalue weighted by atomic mass is 32.1. The molecule has 0 bridgehead atoms. The van der Waals surface area contributed by atoms with Gasteiger partial charge in [-0.1, -0.05) is 12.1 Å². The number of hydrogen-bond acceptors (Lipinski definition) is 5. The van der Waals surface area contributed by atoms with E-state index in [1.807, 2.05) is 17.5 Å². The molecule has 1 aromatic heterocycles. The molecular weight excluding hydrogens is 328 g/mol. The zero-order valence-corrected chi connectivity index (χ0v) is 13.1. The number of primary amides is 1. The molecule has 3 N–H and O–H groups in total. The van der Waals surface area contributed by atoms with Crippen LogP contribution >= 0.6 is 11.3 Å². The van der Waals surface area contributed by atoms with Crippen LogP contribution in [0.5, 0.6) is 0 Å². The van der Waals surface area contributed by atoms with E-state index in [0.717, 1.165) is 21.8 Å². The minimum absolute atomic E-state index is 0.0491. The average molecular weight is 340 g/mol. The SMILES string of the molecule is NC(=O)Nc1ccc(-c2csc(-c3ccc([N+](=O)[O-])cc3)n2)cc1. The molecule has 0 aliphatic carbocycles. The predicted molar refractivity (Wildman–Crippen MR) is 92.8 cm³/mol. The molecule has 0 unspecified atom stereocenters. The zero-order valence-electron chi connectivity index (χ0n) is 12.3. The fourth-order valence-corrected chi connectivity index (χ4v) is 2.97. The van der Waals surface area contributed by atoms with Gasteiger partial charge in [-0.2, -0.15) is 0 Å². The van der Waals surface area contributed by atoms with Gasteiger partial charge in [0.15, 0.2) is 0 Å². The van der Waals surface area contributed by atoms with Crippen LogP contribution < -0.4 is 11.1 Å². The van der Waals surface area contributed by atoms with Crippen molar-refractivity contribution in [3.05, 3.63) is 64.0 Å². The number of carbonyl (C=O) groups is 1. The summed E-state index contributed by atoms with van der Waals surface area (Å²) >= 11 is 1.46. The number of amides is 2. The Hall–Kier alpha value is -3.26. The molecule has 0 atom stereocenters. The molecule has 0 radical (unpaired) electrons. The van der Waals surface area contributed by atoms with E-state index in [4.69, 9.17) is 5.73 Å². The van der Waals surface area contributed by atoms with Crippen molar-refractivity contribution in [1.29, 1.82) is 0 Å². The largest absolute Gasteiger partial charge is 0.351 e. The highest BCUT2D eigenvalue weighted by Crippen LogP contribution is 2.30. The molecule has 120 valence electrons. The van der Waals surface area contributed by atoms with E-state index < -0.39 is 11.0 Å². The van der Waals surface area contributed by atoms with Gasteiger partial charge in [0.05, 0.1) is 10.6 Å². The van der Waals surface area contributed by atoms with Crippen molar-refractivity contribution in [3.63, 3.8) is 0 Å². The van der Waals surface area contributed by atoms with Crippen LogP contribution in [0, 0.1) is 10.1 Å². The molecule has 0 fully saturated rings. The first-order chi connectivity index (χ1) is 11.5. The van der Waals surface area contributed by atoms with Crippen LogP contribution in [0.2, 0.25) is 0 Å². The molecule has 24 heavy (non-hydrogen) atoms. The summed E-state index contributed by atoms with van der Waals surface area (Å²) in [5.41, 5.74) is 8.24. The third-order valence-electron chi connectivity index (χ3n) is 3.28. The molecule has 7 nitrogen and oxygen atoms in total. The number of nitrogens with zero attached hydrogens (tertiary/aromatic N) is 2. The second kappa shape index (κ2) is 6.47. The van der Waals surface area contributed by atoms with Crippen molar-refractivity contribution in [2.45, 2.75) is 0 Å². The Morgan fingerprint density at radius 1 is 1.08 bits per heavy atom. The molecule has 8 heteroatoms. The monoisotopic (exact) mass is 340 g/mol. The maximum Gasteiger partial charge on any atom is 0.316 e. The molecule has 3 aromatic rings. The quantitative estimate of drug-likeness (QED) is 0.554. The van der Waals surface area contributed by atoms with Gasteiger partial charge in [-0.25, -0.2) is 9.78 Å². The van der Waals surface area contributed by atoms with Crippen molar-refractivity contribution < 1.29 is 9.72 Å². The highest BCUT2D eigenvalue weighted by Gasteiger charge is 2.09. The number of thiazole rings is 1. The summed E-state index contributed by atoms with van der Waals surface area (Å²) in [4.78, 5) is 25.6. The van der Waals surface area contributed by atoms with Crippen molar-refractivity contribution in [2.75, 3.05) is 5.32 Å². The Bertz CT molecular complexity index is 888. The van der Waals surface area contributed by atoms with Gasteiger partial charge >= 0.3 is 6.03 Å². The normalized spacial score (nSPS) is 10.3. The molecule has 0 saturated heterocycles. The number of aromatic nitrogens is 1. The van der Waals surface area contributed by atoms with Crippen LogP contribution in [-0.2, 0) is 0 Å². The lowest BCUT2D eigenvalue weighted by molar-refractivity contribution is -0.384. The lowest BCUT2D eigenvalue weighted by Crippen LogP contribution is -2.19. The van der Waals surface area contributed by atoms with Gasteiger partial charge in [0.25, 0.3) is 5.69 Å². The summed E-state index contributed by atoms with van der Waals surface area (Å²) in [6, 6.07) is 12.8. The van der Waals surface area contributed by atoms with E-state index in [9.17, 15) is 14.9 Å². The van der Waals surface area contributed by atoms with E-state index in [1.54, 1.807) is 24.3 Å². The lowest BCUT2D eigenvalue weighted by Gasteiger charge is -2.02. The van der Waals surface area contributed by atoms with Crippen LogP contribution in [0.4, 0.5) is 16.2 Å². The van der Waals surface area contributed by atoms with Gasteiger partial charge in [-0.05, 0) is 24.3 Å². The minimum Gasteiger partial charge on any atom is -0.351 e. The molecule has 1 heterocycles. The number of urea groups is 1. The van der Waals surface area contributed by atoms with E-state index in [-0.39, 0.29) is 5.69 Å². The molecule has 0 aliphatic heterocycles. The number of benzene rings is 2. The Morgan fingerprint density at radius 3 is 2.29 bits per heavy atom. The van der Waals surface area contributed by atoms with Gasteiger partial charge < -0.3 is 11.1 Å². The third-order valence-corrected chi connectivity index (χ3v) is 4.17. The van der Waals surface area contributed by atoms with Gasteiger partial charge in [-0.15, -0.1) is 11.3 Å². The van der Waals surface area contributed by atoms with Gasteiger partial charge in [0, 0.05) is 34.3 Å². The summed E-state index contributed by atoms with van der Waals surface area (Å²) in [5, 5.41) is 15.9. The average Bonchev–Trinajstić information content (AvgIpc) is 3.05. The number of nitrogens with two attached hydrogens (primary N) is 1. The number of rotatable bonds is 4. The molecule has 2 amide bonds. The van der Waals surface area contributed by atoms with Gasteiger partial charge in [0.2, 0.25) is 0 Å². The number of non-ortho nitro benzene ring substituents is 1. The lowest BCUT2D eigenvalue weighted by atomic mass is 10.1. The van der Waals surface area contributed by atoms with Gasteiger partial charge in [0.1, 0.15) is 5.01 Å². The van der Waals surface area contributed by atoms with Crippen molar-refractivity contribution in [1.82, 2.24) is 4.98 Å². The van der Waals surface area contributed by atoms with Crippen molar-refractivity contribution >= 4 is 28.7 Å². The summed E-state index contributed by atoms with van der Waals surface area (Å²) < 4.78 is 0. The zero-order chi connectivity index (χ0) is 17.1. The van der Waals surface area contributed by atoms with Crippen LogP contribution in [0.25, 0.3) is 21.8 Å². The number of nitrogens with one attached hydrogen (secondary N) is 1. The Balaban J connectivity index is 1.82. The molecule has 3 rings (SSSR count). The molecular formula is C16H12N4O3S. The first-order valence-corrected chi connectivity index (χ1v) is 7.78. The molecule has 0 spiro atoms. The number of hydrogen-bond donors (Lipinski definition) is 2. The second-order valence-corrected chi connectivity index (χ2v) is 5.77. The van der Waals surface area contributed by atoms with E-state index in [0.29, 0.717) is 5.69 Å². The maximum absolute atomic E-state index is 10.8. The summed E-state index contributed by atoms with van der Waals surface area (Å²) in [6.45, 7) is 0. The van der Waals surface area contributed by atoms with Gasteiger partial charge in [-0.3, -0.25) is 10.1 Å². The Labute approximate surface area is 140 Å². The molecule has 2 aromatic carbocycles. The Morgan fingerprint density at radius 2 is 1.71 bits per heavy atom. The van der Waals surface area contributed by atoms with Crippen molar-refractivity contribution in [2.24, 2.45) is 5.73 Å². The fraction of sp³-hybridized carbons (Fsp3) is 0. The highest BCUT2D eigenvalue weighted by molar-refractivity contribution is 7.13. The predicted octanol–water partition coefficient (Wildman–Crippen LogP) is 3.88. The number of nitro groups is 1. The first kappa shape index (κ1) is 15.6. The van der Waals surface area contributed by atoms with Crippen LogP contribution in [-0.4, -0.2) is 15.9 Å². The first-order valence-electron chi connectivity index (χ1n) is 6.90. The topological polar surface area (TPSA) is 111 Å². The maximum atomic E-state index is 10.8. The summed E-state index contributed by atoms with van der Waals surface area (Å²) in [5.74, 6) is 0. The molecule has 0 saturated carbocycles. The van der Waals surface area contributed by atoms with E-state index >= 15 is 0 Å². The summed E-state index contributed by atoms with van der Waals surface area (Å²) in [7, 11) is 0. The number of carbonyl (C=O) groups excluding carboxylic acids is 1. The van der Waals surface area contributed by atoms with E-state index in [2.05, 4.69) is 10.3 Å².